The molecular weight excluding hydrogens is 294 g/mol. The lowest BCUT2D eigenvalue weighted by Crippen LogP contribution is -2.13. The average Bonchev–Trinajstić information content (AvgIpc) is 2.80. The van der Waals surface area contributed by atoms with Gasteiger partial charge in [-0.2, -0.15) is 0 Å². The summed E-state index contributed by atoms with van der Waals surface area (Å²) in [4.78, 5) is 0. The molecule has 0 aliphatic carbocycles. The van der Waals surface area contributed by atoms with Gasteiger partial charge >= 0.3 is 0 Å². The molecule has 0 spiro atoms. The molecular formula is C13H16BrN3O. The van der Waals surface area contributed by atoms with Gasteiger partial charge in [-0.1, -0.05) is 35.0 Å². The molecule has 96 valence electrons. The Balaban J connectivity index is 1.91. The van der Waals surface area contributed by atoms with Gasteiger partial charge in [0.1, 0.15) is 0 Å². The minimum absolute atomic E-state index is 0.640. The third kappa shape index (κ3) is 3.92. The van der Waals surface area contributed by atoms with Crippen molar-refractivity contribution in [1.82, 2.24) is 15.5 Å². The van der Waals surface area contributed by atoms with E-state index >= 15 is 0 Å². The topological polar surface area (TPSA) is 51.0 Å². The lowest BCUT2D eigenvalue weighted by molar-refractivity contribution is 0.439. The summed E-state index contributed by atoms with van der Waals surface area (Å²) in [7, 11) is 0. The predicted molar refractivity (Wildman–Crippen MR) is 73.2 cm³/mol. The first-order valence-corrected chi connectivity index (χ1v) is 6.83. The van der Waals surface area contributed by atoms with Crippen LogP contribution in [0.1, 0.15) is 30.7 Å². The van der Waals surface area contributed by atoms with Crippen molar-refractivity contribution < 1.29 is 4.42 Å². The van der Waals surface area contributed by atoms with E-state index in [1.54, 1.807) is 0 Å². The highest BCUT2D eigenvalue weighted by atomic mass is 79.9. The predicted octanol–water partition coefficient (Wildman–Crippen LogP) is 2.92. The number of aromatic nitrogens is 2. The van der Waals surface area contributed by atoms with Crippen LogP contribution in [0.25, 0.3) is 0 Å². The van der Waals surface area contributed by atoms with Gasteiger partial charge in [-0.25, -0.2) is 0 Å². The first-order chi connectivity index (χ1) is 8.78. The standard InChI is InChI=1S/C13H16BrN3O/c1-2-7-15-9-13-17-16-12(18-13)8-10-3-5-11(14)6-4-10/h3-6,15H,2,7-9H2,1H3. The zero-order valence-corrected chi connectivity index (χ0v) is 11.9. The highest BCUT2D eigenvalue weighted by Crippen LogP contribution is 2.13. The summed E-state index contributed by atoms with van der Waals surface area (Å²) in [6, 6.07) is 8.11. The normalized spacial score (nSPS) is 10.8. The van der Waals surface area contributed by atoms with Gasteiger partial charge in [0.05, 0.1) is 13.0 Å². The van der Waals surface area contributed by atoms with Gasteiger partial charge in [-0.05, 0) is 30.7 Å². The molecule has 18 heavy (non-hydrogen) atoms. The van der Waals surface area contributed by atoms with Crippen LogP contribution in [0.15, 0.2) is 33.2 Å². The molecule has 4 nitrogen and oxygen atoms in total. The fourth-order valence-corrected chi connectivity index (χ4v) is 1.84. The number of hydrogen-bond acceptors (Lipinski definition) is 4. The molecule has 2 rings (SSSR count). The van der Waals surface area contributed by atoms with Crippen molar-refractivity contribution in [2.75, 3.05) is 6.54 Å². The SMILES string of the molecule is CCCNCc1nnc(Cc2ccc(Br)cc2)o1. The Kier molecular flexibility index (Phi) is 4.90. The van der Waals surface area contributed by atoms with E-state index in [4.69, 9.17) is 4.42 Å². The number of nitrogens with zero attached hydrogens (tertiary/aromatic N) is 2. The van der Waals surface area contributed by atoms with Crippen LogP contribution in [0.2, 0.25) is 0 Å². The van der Waals surface area contributed by atoms with Crippen molar-refractivity contribution in [3.63, 3.8) is 0 Å². The second-order valence-corrected chi connectivity index (χ2v) is 4.99. The quantitative estimate of drug-likeness (QED) is 0.834. The van der Waals surface area contributed by atoms with E-state index in [1.165, 1.54) is 0 Å². The number of nitrogens with one attached hydrogen (secondary N) is 1. The van der Waals surface area contributed by atoms with Gasteiger partial charge < -0.3 is 9.73 Å². The van der Waals surface area contributed by atoms with Crippen molar-refractivity contribution in [1.29, 1.82) is 0 Å². The van der Waals surface area contributed by atoms with Crippen LogP contribution in [0, 0.1) is 0 Å². The summed E-state index contributed by atoms with van der Waals surface area (Å²) >= 11 is 3.41. The second kappa shape index (κ2) is 6.66. The minimum Gasteiger partial charge on any atom is -0.424 e. The Morgan fingerprint density at radius 1 is 1.17 bits per heavy atom. The van der Waals surface area contributed by atoms with Gasteiger partial charge in [-0.3, -0.25) is 0 Å². The number of hydrogen-bond donors (Lipinski definition) is 1. The second-order valence-electron chi connectivity index (χ2n) is 4.07. The third-order valence-electron chi connectivity index (χ3n) is 2.48. The monoisotopic (exact) mass is 309 g/mol. The largest absolute Gasteiger partial charge is 0.424 e. The molecule has 1 aromatic heterocycles. The highest BCUT2D eigenvalue weighted by Gasteiger charge is 2.06. The lowest BCUT2D eigenvalue weighted by Gasteiger charge is -1.98. The van der Waals surface area contributed by atoms with Crippen molar-refractivity contribution in [2.24, 2.45) is 0 Å². The molecule has 1 N–H and O–H groups in total. The zero-order valence-electron chi connectivity index (χ0n) is 10.3. The molecule has 0 saturated carbocycles. The van der Waals surface area contributed by atoms with Crippen molar-refractivity contribution in [2.45, 2.75) is 26.3 Å². The van der Waals surface area contributed by atoms with Crippen LogP contribution < -0.4 is 5.32 Å². The molecule has 2 aromatic rings. The number of benzene rings is 1. The van der Waals surface area contributed by atoms with Gasteiger partial charge in [0.25, 0.3) is 0 Å². The van der Waals surface area contributed by atoms with Crippen molar-refractivity contribution in [3.8, 4) is 0 Å². The van der Waals surface area contributed by atoms with Crippen LogP contribution in [0.3, 0.4) is 0 Å². The van der Waals surface area contributed by atoms with Crippen LogP contribution in [0.5, 0.6) is 0 Å². The summed E-state index contributed by atoms with van der Waals surface area (Å²) in [5.74, 6) is 1.31. The molecule has 5 heteroatoms. The fourth-order valence-electron chi connectivity index (χ4n) is 1.58. The van der Waals surface area contributed by atoms with Crippen LogP contribution in [-0.2, 0) is 13.0 Å². The highest BCUT2D eigenvalue weighted by molar-refractivity contribution is 9.10. The molecule has 0 bridgehead atoms. The molecule has 0 unspecified atom stereocenters. The average molecular weight is 310 g/mol. The Bertz CT molecular complexity index is 481. The maximum atomic E-state index is 5.57. The van der Waals surface area contributed by atoms with E-state index in [2.05, 4.69) is 38.4 Å². The van der Waals surface area contributed by atoms with E-state index < -0.39 is 0 Å². The van der Waals surface area contributed by atoms with E-state index in [-0.39, 0.29) is 0 Å². The number of halogens is 1. The van der Waals surface area contributed by atoms with Gasteiger partial charge in [0.15, 0.2) is 0 Å². The van der Waals surface area contributed by atoms with E-state index in [0.29, 0.717) is 24.7 Å². The van der Waals surface area contributed by atoms with E-state index in [0.717, 1.165) is 23.0 Å². The molecule has 0 radical (unpaired) electrons. The fraction of sp³-hybridized carbons (Fsp3) is 0.385. The third-order valence-corrected chi connectivity index (χ3v) is 3.01. The smallest absolute Gasteiger partial charge is 0.230 e. The first-order valence-electron chi connectivity index (χ1n) is 6.04. The lowest BCUT2D eigenvalue weighted by atomic mass is 10.1. The van der Waals surface area contributed by atoms with Crippen LogP contribution in [-0.4, -0.2) is 16.7 Å². The van der Waals surface area contributed by atoms with Crippen LogP contribution >= 0.6 is 15.9 Å². The van der Waals surface area contributed by atoms with Crippen LogP contribution in [0.4, 0.5) is 0 Å². The van der Waals surface area contributed by atoms with E-state index in [1.807, 2.05) is 24.3 Å². The van der Waals surface area contributed by atoms with Gasteiger partial charge in [0.2, 0.25) is 11.8 Å². The Hall–Kier alpha value is -1.20. The summed E-state index contributed by atoms with van der Waals surface area (Å²) in [6.45, 7) is 3.73. The Morgan fingerprint density at radius 2 is 1.89 bits per heavy atom. The maximum absolute atomic E-state index is 5.57. The molecule has 0 fully saturated rings. The summed E-state index contributed by atoms with van der Waals surface area (Å²) in [5.41, 5.74) is 1.16. The molecule has 0 aliphatic rings. The molecule has 0 aliphatic heterocycles. The zero-order chi connectivity index (χ0) is 12.8. The van der Waals surface area contributed by atoms with Gasteiger partial charge in [-0.15, -0.1) is 10.2 Å². The molecule has 0 atom stereocenters. The van der Waals surface area contributed by atoms with Crippen molar-refractivity contribution in [3.05, 3.63) is 46.1 Å². The Labute approximate surface area is 115 Å². The summed E-state index contributed by atoms with van der Waals surface area (Å²) in [6.07, 6.45) is 1.77. The maximum Gasteiger partial charge on any atom is 0.230 e. The summed E-state index contributed by atoms with van der Waals surface area (Å²) in [5, 5.41) is 11.3. The molecule has 0 amide bonds. The molecule has 1 aromatic carbocycles. The Morgan fingerprint density at radius 3 is 2.61 bits per heavy atom. The van der Waals surface area contributed by atoms with Crippen molar-refractivity contribution >= 4 is 15.9 Å². The minimum atomic E-state index is 0.640. The molecule has 0 saturated heterocycles. The number of rotatable bonds is 6. The first kappa shape index (κ1) is 13.2. The van der Waals surface area contributed by atoms with Gasteiger partial charge in [0, 0.05) is 4.47 Å². The summed E-state index contributed by atoms with van der Waals surface area (Å²) < 4.78 is 6.64. The van der Waals surface area contributed by atoms with E-state index in [9.17, 15) is 0 Å². The molecule has 1 heterocycles.